The van der Waals surface area contributed by atoms with Gasteiger partial charge in [-0.2, -0.15) is 0 Å². The van der Waals surface area contributed by atoms with E-state index < -0.39 is 16.6 Å². The molecule has 0 saturated carbocycles. The third-order valence-corrected chi connectivity index (χ3v) is 4.40. The lowest BCUT2D eigenvalue weighted by Crippen LogP contribution is -2.18. The quantitative estimate of drug-likeness (QED) is 0.933. The largest absolute Gasteiger partial charge is 0.323 e. The van der Waals surface area contributed by atoms with Gasteiger partial charge in [0.05, 0.1) is 15.7 Å². The van der Waals surface area contributed by atoms with Gasteiger partial charge in [-0.15, -0.1) is 0 Å². The topological polar surface area (TPSA) is 43.1 Å². The maximum atomic E-state index is 13.5. The van der Waals surface area contributed by atoms with E-state index in [1.165, 1.54) is 12.1 Å². The Morgan fingerprint density at radius 3 is 2.42 bits per heavy atom. The lowest BCUT2D eigenvalue weighted by molar-refractivity contribution is 0.594. The van der Waals surface area contributed by atoms with Crippen molar-refractivity contribution in [3.8, 4) is 0 Å². The van der Waals surface area contributed by atoms with Gasteiger partial charge in [0.25, 0.3) is 0 Å². The molecule has 4 heteroatoms. The summed E-state index contributed by atoms with van der Waals surface area (Å²) in [6.45, 7) is 1.99. The molecule has 2 aromatic carbocycles. The molecule has 0 heterocycles. The smallest absolute Gasteiger partial charge is 0.139 e. The molecule has 2 N–H and O–H groups in total. The molecule has 2 nitrogen and oxygen atoms in total. The number of hydrogen-bond acceptors (Lipinski definition) is 2. The second-order valence-corrected chi connectivity index (χ2v) is 5.92. The maximum Gasteiger partial charge on any atom is 0.139 e. The molecule has 100 valence electrons. The van der Waals surface area contributed by atoms with Crippen LogP contribution in [0.25, 0.3) is 0 Å². The van der Waals surface area contributed by atoms with Gasteiger partial charge in [-0.1, -0.05) is 42.0 Å². The number of rotatable bonds is 4. The number of halogens is 1. The first-order valence-corrected chi connectivity index (χ1v) is 7.35. The Hall–Kier alpha value is -1.52. The molecule has 2 rings (SSSR count). The molecule has 0 radical (unpaired) electrons. The average molecular weight is 277 g/mol. The van der Waals surface area contributed by atoms with E-state index in [9.17, 15) is 8.60 Å². The van der Waals surface area contributed by atoms with Crippen LogP contribution in [-0.4, -0.2) is 9.96 Å². The Labute approximate surface area is 114 Å². The summed E-state index contributed by atoms with van der Waals surface area (Å²) >= 11 is 0. The van der Waals surface area contributed by atoms with Crippen molar-refractivity contribution in [3.05, 3.63) is 65.5 Å². The molecular formula is C15H16FNOS. The summed E-state index contributed by atoms with van der Waals surface area (Å²) in [4.78, 5) is 0.213. The summed E-state index contributed by atoms with van der Waals surface area (Å²) < 4.78 is 25.6. The molecule has 2 atom stereocenters. The molecule has 0 aliphatic carbocycles. The SMILES string of the molecule is Cc1ccc(C(N)CS(=O)c2ccccc2F)cc1. The normalized spacial score (nSPS) is 14.1. The third kappa shape index (κ3) is 3.49. The maximum absolute atomic E-state index is 13.5. The van der Waals surface area contributed by atoms with Gasteiger partial charge in [0, 0.05) is 11.8 Å². The zero-order valence-electron chi connectivity index (χ0n) is 10.7. The standard InChI is InChI=1S/C15H16FNOS/c1-11-6-8-12(9-7-11)14(17)10-19(18)15-5-3-2-4-13(15)16/h2-9,14H,10,17H2,1H3. The zero-order chi connectivity index (χ0) is 13.8. The highest BCUT2D eigenvalue weighted by molar-refractivity contribution is 7.85. The van der Waals surface area contributed by atoms with Crippen molar-refractivity contribution >= 4 is 10.8 Å². The first-order valence-electron chi connectivity index (χ1n) is 6.03. The molecule has 0 aliphatic heterocycles. The minimum absolute atomic E-state index is 0.212. The van der Waals surface area contributed by atoms with Crippen LogP contribution in [0.4, 0.5) is 4.39 Å². The fraction of sp³-hybridized carbons (Fsp3) is 0.200. The van der Waals surface area contributed by atoms with Crippen LogP contribution in [0.1, 0.15) is 17.2 Å². The van der Waals surface area contributed by atoms with E-state index in [0.717, 1.165) is 11.1 Å². The van der Waals surface area contributed by atoms with E-state index >= 15 is 0 Å². The summed E-state index contributed by atoms with van der Waals surface area (Å²) in [5.41, 5.74) is 8.07. The molecule has 0 fully saturated rings. The van der Waals surface area contributed by atoms with Crippen molar-refractivity contribution in [2.75, 3.05) is 5.75 Å². The van der Waals surface area contributed by atoms with Crippen molar-refractivity contribution in [1.29, 1.82) is 0 Å². The average Bonchev–Trinajstić information content (AvgIpc) is 2.39. The van der Waals surface area contributed by atoms with Gasteiger partial charge in [-0.3, -0.25) is 4.21 Å². The predicted octanol–water partition coefficient (Wildman–Crippen LogP) is 2.94. The molecule has 2 unspecified atom stereocenters. The van der Waals surface area contributed by atoms with Crippen molar-refractivity contribution in [2.45, 2.75) is 17.9 Å². The molecule has 0 bridgehead atoms. The minimum Gasteiger partial charge on any atom is -0.323 e. The van der Waals surface area contributed by atoms with Crippen LogP contribution >= 0.6 is 0 Å². The molecule has 0 spiro atoms. The van der Waals surface area contributed by atoms with E-state index in [-0.39, 0.29) is 16.7 Å². The first kappa shape index (κ1) is 13.9. The fourth-order valence-corrected chi connectivity index (χ4v) is 3.01. The van der Waals surface area contributed by atoms with Gasteiger partial charge in [0.15, 0.2) is 0 Å². The lowest BCUT2D eigenvalue weighted by Gasteiger charge is -2.12. The van der Waals surface area contributed by atoms with Gasteiger partial charge >= 0.3 is 0 Å². The minimum atomic E-state index is -1.43. The summed E-state index contributed by atoms with van der Waals surface area (Å²) in [6.07, 6.45) is 0. The number of hydrogen-bond donors (Lipinski definition) is 1. The Morgan fingerprint density at radius 2 is 1.79 bits per heavy atom. The highest BCUT2D eigenvalue weighted by Gasteiger charge is 2.14. The molecule has 0 saturated heterocycles. The second-order valence-electron chi connectivity index (χ2n) is 4.46. The van der Waals surface area contributed by atoms with Crippen molar-refractivity contribution < 1.29 is 8.60 Å². The Morgan fingerprint density at radius 1 is 1.16 bits per heavy atom. The Bertz CT molecular complexity index is 583. The van der Waals surface area contributed by atoms with Gasteiger partial charge in [0.2, 0.25) is 0 Å². The number of benzene rings is 2. The van der Waals surface area contributed by atoms with Crippen LogP contribution in [0, 0.1) is 12.7 Å². The molecular weight excluding hydrogens is 261 g/mol. The highest BCUT2D eigenvalue weighted by atomic mass is 32.2. The van der Waals surface area contributed by atoms with Gasteiger partial charge in [-0.25, -0.2) is 4.39 Å². The zero-order valence-corrected chi connectivity index (χ0v) is 11.5. The molecule has 2 aromatic rings. The third-order valence-electron chi connectivity index (χ3n) is 2.92. The molecule has 0 amide bonds. The summed E-state index contributed by atoms with van der Waals surface area (Å²) in [6, 6.07) is 13.5. The van der Waals surface area contributed by atoms with Gasteiger partial charge in [0.1, 0.15) is 5.82 Å². The van der Waals surface area contributed by atoms with Crippen LogP contribution < -0.4 is 5.73 Å². The van der Waals surface area contributed by atoms with E-state index in [2.05, 4.69) is 0 Å². The van der Waals surface area contributed by atoms with Gasteiger partial charge in [-0.05, 0) is 24.6 Å². The number of nitrogens with two attached hydrogens (primary N) is 1. The fourth-order valence-electron chi connectivity index (χ4n) is 1.79. The van der Waals surface area contributed by atoms with Crippen LogP contribution in [-0.2, 0) is 10.8 Å². The van der Waals surface area contributed by atoms with E-state index in [0.29, 0.717) is 0 Å². The summed E-state index contributed by atoms with van der Waals surface area (Å²) in [5, 5.41) is 0. The molecule has 0 aliphatic rings. The van der Waals surface area contributed by atoms with Crippen LogP contribution in [0.5, 0.6) is 0 Å². The molecule has 0 aromatic heterocycles. The van der Waals surface area contributed by atoms with Gasteiger partial charge < -0.3 is 5.73 Å². The monoisotopic (exact) mass is 277 g/mol. The van der Waals surface area contributed by atoms with Crippen LogP contribution in [0.2, 0.25) is 0 Å². The highest BCUT2D eigenvalue weighted by Crippen LogP contribution is 2.18. The predicted molar refractivity (Wildman–Crippen MR) is 75.8 cm³/mol. The molecule has 19 heavy (non-hydrogen) atoms. The van der Waals surface area contributed by atoms with E-state index in [4.69, 9.17) is 5.73 Å². The summed E-state index contributed by atoms with van der Waals surface area (Å²) in [7, 11) is -1.43. The van der Waals surface area contributed by atoms with E-state index in [1.807, 2.05) is 31.2 Å². The first-order chi connectivity index (χ1) is 9.08. The van der Waals surface area contributed by atoms with Crippen LogP contribution in [0.15, 0.2) is 53.4 Å². The second kappa shape index (κ2) is 6.08. The summed E-state index contributed by atoms with van der Waals surface area (Å²) in [5.74, 6) is -0.235. The Balaban J connectivity index is 2.11. The number of aryl methyl sites for hydroxylation is 1. The van der Waals surface area contributed by atoms with Crippen molar-refractivity contribution in [3.63, 3.8) is 0 Å². The lowest BCUT2D eigenvalue weighted by atomic mass is 10.1. The van der Waals surface area contributed by atoms with Crippen LogP contribution in [0.3, 0.4) is 0 Å². The van der Waals surface area contributed by atoms with E-state index in [1.54, 1.807) is 12.1 Å². The Kier molecular flexibility index (Phi) is 4.45. The van der Waals surface area contributed by atoms with Crippen molar-refractivity contribution in [2.24, 2.45) is 5.73 Å². The van der Waals surface area contributed by atoms with Crippen molar-refractivity contribution in [1.82, 2.24) is 0 Å².